The van der Waals surface area contributed by atoms with Gasteiger partial charge in [-0.25, -0.2) is 9.97 Å². The largest absolute Gasteiger partial charge is 0.222 e. The Bertz CT molecular complexity index is 799. The molecule has 0 fully saturated rings. The van der Waals surface area contributed by atoms with Crippen molar-refractivity contribution >= 4 is 27.2 Å². The fourth-order valence-corrected chi connectivity index (χ4v) is 4.47. The van der Waals surface area contributed by atoms with Crippen molar-refractivity contribution < 1.29 is 0 Å². The van der Waals surface area contributed by atoms with Gasteiger partial charge >= 0.3 is 0 Å². The van der Waals surface area contributed by atoms with Crippen molar-refractivity contribution in [1.82, 2.24) is 19.6 Å². The molecule has 3 aromatic rings. The van der Waals surface area contributed by atoms with Crippen LogP contribution in [0.3, 0.4) is 0 Å². The summed E-state index contributed by atoms with van der Waals surface area (Å²) in [6, 6.07) is 0. The van der Waals surface area contributed by atoms with Gasteiger partial charge in [0.15, 0.2) is 5.65 Å². The maximum atomic E-state index is 4.73. The quantitative estimate of drug-likeness (QED) is 0.631. The summed E-state index contributed by atoms with van der Waals surface area (Å²) in [5.74, 6) is 2.54. The maximum Gasteiger partial charge on any atom is 0.168 e. The predicted molar refractivity (Wildman–Crippen MR) is 76.8 cm³/mol. The van der Waals surface area contributed by atoms with Crippen LogP contribution in [0.4, 0.5) is 0 Å². The van der Waals surface area contributed by atoms with E-state index in [9.17, 15) is 0 Å². The van der Waals surface area contributed by atoms with E-state index in [1.54, 1.807) is 0 Å². The Balaban J connectivity index is 2.14. The molecule has 3 aromatic heterocycles. The average Bonchev–Trinajstić information content (AvgIpc) is 2.88. The first kappa shape index (κ1) is 11.3. The summed E-state index contributed by atoms with van der Waals surface area (Å²) in [4.78, 5) is 12.0. The van der Waals surface area contributed by atoms with Crippen molar-refractivity contribution in [1.29, 1.82) is 0 Å². The van der Waals surface area contributed by atoms with Crippen LogP contribution < -0.4 is 0 Å². The van der Waals surface area contributed by atoms with Gasteiger partial charge in [0.1, 0.15) is 16.5 Å². The molecule has 0 aromatic carbocycles. The molecule has 0 aliphatic heterocycles. The normalized spacial score (nSPS) is 19.2. The lowest BCUT2D eigenvalue weighted by atomic mass is 9.89. The second kappa shape index (κ2) is 3.76. The highest BCUT2D eigenvalue weighted by atomic mass is 32.1. The number of fused-ring (bicyclic) bond motifs is 5. The van der Waals surface area contributed by atoms with Gasteiger partial charge in [0.25, 0.3) is 0 Å². The minimum Gasteiger partial charge on any atom is -0.222 e. The summed E-state index contributed by atoms with van der Waals surface area (Å²) in [5, 5.41) is 5.70. The zero-order chi connectivity index (χ0) is 13.1. The third kappa shape index (κ3) is 1.54. The molecule has 4 nitrogen and oxygen atoms in total. The topological polar surface area (TPSA) is 43.1 Å². The van der Waals surface area contributed by atoms with Crippen molar-refractivity contribution in [2.24, 2.45) is 5.92 Å². The van der Waals surface area contributed by atoms with Gasteiger partial charge in [0, 0.05) is 4.88 Å². The SMILES string of the molecule is Cc1nc2c3c4c(sc3nc(C)n2n1)C[C@@H](C)CC4. The van der Waals surface area contributed by atoms with Gasteiger partial charge in [-0.15, -0.1) is 16.4 Å². The van der Waals surface area contributed by atoms with E-state index in [0.29, 0.717) is 0 Å². The van der Waals surface area contributed by atoms with E-state index in [-0.39, 0.29) is 0 Å². The fourth-order valence-electron chi connectivity index (χ4n) is 3.04. The van der Waals surface area contributed by atoms with Crippen LogP contribution in [0.5, 0.6) is 0 Å². The highest BCUT2D eigenvalue weighted by molar-refractivity contribution is 7.19. The van der Waals surface area contributed by atoms with Crippen LogP contribution in [0, 0.1) is 19.8 Å². The number of thiophene rings is 1. The Kier molecular flexibility index (Phi) is 2.24. The molecule has 0 bridgehead atoms. The second-order valence-electron chi connectivity index (χ2n) is 5.59. The van der Waals surface area contributed by atoms with Gasteiger partial charge in [-0.1, -0.05) is 6.92 Å². The molecule has 1 aliphatic rings. The Morgan fingerprint density at radius 1 is 1.26 bits per heavy atom. The smallest absolute Gasteiger partial charge is 0.168 e. The van der Waals surface area contributed by atoms with Crippen molar-refractivity contribution in [2.45, 2.75) is 40.0 Å². The third-order valence-corrected chi connectivity index (χ3v) is 5.15. The first-order valence-corrected chi connectivity index (χ1v) is 7.59. The highest BCUT2D eigenvalue weighted by Crippen LogP contribution is 2.38. The Hall–Kier alpha value is -1.49. The van der Waals surface area contributed by atoms with Crippen LogP contribution in [0.2, 0.25) is 0 Å². The summed E-state index contributed by atoms with van der Waals surface area (Å²) in [7, 11) is 0. The van der Waals surface area contributed by atoms with Crippen LogP contribution in [-0.2, 0) is 12.8 Å². The van der Waals surface area contributed by atoms with E-state index in [0.717, 1.165) is 34.5 Å². The van der Waals surface area contributed by atoms with Crippen LogP contribution in [0.25, 0.3) is 15.9 Å². The summed E-state index contributed by atoms with van der Waals surface area (Å²) in [6.45, 7) is 6.28. The van der Waals surface area contributed by atoms with Crippen LogP contribution in [-0.4, -0.2) is 19.6 Å². The number of rotatable bonds is 0. The molecule has 0 saturated carbocycles. The van der Waals surface area contributed by atoms with E-state index in [2.05, 4.69) is 17.0 Å². The molecule has 1 atom stereocenters. The van der Waals surface area contributed by atoms with Crippen molar-refractivity contribution in [3.05, 3.63) is 22.1 Å². The Morgan fingerprint density at radius 2 is 2.11 bits per heavy atom. The van der Waals surface area contributed by atoms with Gasteiger partial charge in [0.05, 0.1) is 5.39 Å². The molecule has 1 aliphatic carbocycles. The van der Waals surface area contributed by atoms with E-state index >= 15 is 0 Å². The Labute approximate surface area is 115 Å². The van der Waals surface area contributed by atoms with Crippen molar-refractivity contribution in [3.8, 4) is 0 Å². The van der Waals surface area contributed by atoms with E-state index in [1.807, 2.05) is 29.7 Å². The molecule has 0 N–H and O–H groups in total. The summed E-state index contributed by atoms with van der Waals surface area (Å²) in [5.41, 5.74) is 2.47. The van der Waals surface area contributed by atoms with Gasteiger partial charge in [-0.05, 0) is 44.6 Å². The Morgan fingerprint density at radius 3 is 2.95 bits per heavy atom. The standard InChI is InChI=1S/C14H16N4S/c1-7-4-5-10-11(6-7)19-14-12(10)13-15-8(2)17-18(13)9(3)16-14/h7H,4-6H2,1-3H3/t7-/m0/s1. The molecule has 0 radical (unpaired) electrons. The number of hydrogen-bond acceptors (Lipinski definition) is 4. The van der Waals surface area contributed by atoms with Crippen LogP contribution in [0.15, 0.2) is 0 Å². The number of nitrogens with zero attached hydrogens (tertiary/aromatic N) is 4. The molecule has 0 spiro atoms. The van der Waals surface area contributed by atoms with Crippen LogP contribution in [0.1, 0.15) is 35.4 Å². The first-order valence-electron chi connectivity index (χ1n) is 6.77. The monoisotopic (exact) mass is 272 g/mol. The number of hydrogen-bond donors (Lipinski definition) is 0. The highest BCUT2D eigenvalue weighted by Gasteiger charge is 2.23. The molecular weight excluding hydrogens is 256 g/mol. The molecule has 3 heterocycles. The van der Waals surface area contributed by atoms with E-state index < -0.39 is 0 Å². The zero-order valence-electron chi connectivity index (χ0n) is 11.4. The lowest BCUT2D eigenvalue weighted by molar-refractivity contribution is 0.509. The predicted octanol–water partition coefficient (Wildman–Crippen LogP) is 3.08. The van der Waals surface area contributed by atoms with Gasteiger partial charge in [-0.2, -0.15) is 4.52 Å². The zero-order valence-corrected chi connectivity index (χ0v) is 12.2. The van der Waals surface area contributed by atoms with Gasteiger partial charge in [0.2, 0.25) is 0 Å². The molecule has 5 heteroatoms. The van der Waals surface area contributed by atoms with Crippen molar-refractivity contribution in [3.63, 3.8) is 0 Å². The minimum absolute atomic E-state index is 0.789. The fraction of sp³-hybridized carbons (Fsp3) is 0.500. The molecule has 0 amide bonds. The van der Waals surface area contributed by atoms with Gasteiger partial charge < -0.3 is 0 Å². The second-order valence-corrected chi connectivity index (χ2v) is 6.67. The van der Waals surface area contributed by atoms with Crippen LogP contribution >= 0.6 is 11.3 Å². The van der Waals surface area contributed by atoms with E-state index in [1.165, 1.54) is 28.7 Å². The van der Waals surface area contributed by atoms with Gasteiger partial charge in [-0.3, -0.25) is 0 Å². The number of aryl methyl sites for hydroxylation is 3. The molecule has 19 heavy (non-hydrogen) atoms. The minimum atomic E-state index is 0.789. The molecule has 98 valence electrons. The summed E-state index contributed by atoms with van der Waals surface area (Å²) in [6.07, 6.45) is 3.61. The van der Waals surface area contributed by atoms with Crippen molar-refractivity contribution in [2.75, 3.05) is 0 Å². The first-order chi connectivity index (χ1) is 9.13. The average molecular weight is 272 g/mol. The third-order valence-electron chi connectivity index (χ3n) is 4.00. The molecular formula is C14H16N4S. The number of aromatic nitrogens is 4. The summed E-state index contributed by atoms with van der Waals surface area (Å²) < 4.78 is 1.89. The molecule has 0 saturated heterocycles. The molecule has 4 rings (SSSR count). The molecule has 0 unspecified atom stereocenters. The van der Waals surface area contributed by atoms with E-state index in [4.69, 9.17) is 4.98 Å². The lowest BCUT2D eigenvalue weighted by Gasteiger charge is -2.17. The maximum absolute atomic E-state index is 4.73. The lowest BCUT2D eigenvalue weighted by Crippen LogP contribution is -2.08. The summed E-state index contributed by atoms with van der Waals surface area (Å²) >= 11 is 1.85.